The summed E-state index contributed by atoms with van der Waals surface area (Å²) in [6, 6.07) is 6.74. The van der Waals surface area contributed by atoms with Crippen LogP contribution in [-0.2, 0) is 31.6 Å². The van der Waals surface area contributed by atoms with E-state index in [1.54, 1.807) is 6.92 Å². The van der Waals surface area contributed by atoms with E-state index in [4.69, 9.17) is 9.47 Å². The lowest BCUT2D eigenvalue weighted by Gasteiger charge is -2.56. The fraction of sp³-hybridized carbons (Fsp3) is 0.516. The van der Waals surface area contributed by atoms with Gasteiger partial charge in [0.1, 0.15) is 33.1 Å². The van der Waals surface area contributed by atoms with Crippen LogP contribution in [0.15, 0.2) is 46.3 Å². The van der Waals surface area contributed by atoms with Gasteiger partial charge in [-0.3, -0.25) is 28.8 Å². The number of ether oxygens (including phenoxy) is 2. The molecule has 2 aromatic rings. The number of aryl methyl sites for hydroxylation is 2. The monoisotopic (exact) mass is 715 g/mol. The molecule has 1 unspecified atom stereocenters. The quantitative estimate of drug-likeness (QED) is 0.154. The number of nitro benzene ring substituents is 1. The standard InChI is InChI=1S/C31H42FN3O11S2/c1-19-10-13-24(48(42,43)44)20(16-19)14-15-31(9)25(34(26(36)45-28(2,3)4)27(37)46-29(5,6)7)33-30(8,18-47(31,40)41)22-17-21(35(38)39)11-12-23(22)32/h10-13,16-17,40-41H,14-15,18H2,1-9H3,(H,42,43,44)/t30-,31?/m0/s1. The average Bonchev–Trinajstić information content (AvgIpc) is 2.87. The Hall–Kier alpha value is -3.64. The molecular weight excluding hydrogens is 673 g/mol. The molecule has 3 rings (SSSR count). The van der Waals surface area contributed by atoms with Crippen LogP contribution in [0.25, 0.3) is 0 Å². The molecule has 1 aliphatic heterocycles. The molecule has 0 saturated heterocycles. The molecule has 17 heteroatoms. The van der Waals surface area contributed by atoms with Gasteiger partial charge in [0, 0.05) is 17.7 Å². The van der Waals surface area contributed by atoms with Gasteiger partial charge in [-0.05, 0) is 92.9 Å². The predicted octanol–water partition coefficient (Wildman–Crippen LogP) is 7.23. The summed E-state index contributed by atoms with van der Waals surface area (Å²) in [6.45, 7) is 13.3. The highest BCUT2D eigenvalue weighted by molar-refractivity contribution is 8.26. The van der Waals surface area contributed by atoms with Crippen LogP contribution in [0.1, 0.15) is 78.5 Å². The molecule has 266 valence electrons. The Morgan fingerprint density at radius 1 is 1.04 bits per heavy atom. The second-order valence-corrected chi connectivity index (χ2v) is 18.0. The Bertz CT molecular complexity index is 1740. The molecule has 48 heavy (non-hydrogen) atoms. The number of carbonyl (C=O) groups is 2. The molecule has 0 spiro atoms. The number of halogens is 1. The van der Waals surface area contributed by atoms with Crippen LogP contribution < -0.4 is 0 Å². The second kappa shape index (κ2) is 13.0. The van der Waals surface area contributed by atoms with Crippen molar-refractivity contribution in [3.05, 3.63) is 69.0 Å². The van der Waals surface area contributed by atoms with E-state index in [1.807, 2.05) is 0 Å². The molecule has 2 amide bonds. The van der Waals surface area contributed by atoms with Gasteiger partial charge in [0.05, 0.1) is 15.6 Å². The van der Waals surface area contributed by atoms with Crippen molar-refractivity contribution >= 4 is 44.4 Å². The molecule has 3 N–H and O–H groups in total. The molecular formula is C31H42FN3O11S2. The van der Waals surface area contributed by atoms with Gasteiger partial charge in [-0.1, -0.05) is 17.7 Å². The van der Waals surface area contributed by atoms with E-state index in [1.165, 1.54) is 73.6 Å². The van der Waals surface area contributed by atoms with Crippen molar-refractivity contribution in [2.24, 2.45) is 4.99 Å². The SMILES string of the molecule is Cc1ccc(S(=O)(=O)O)c(CCC2(C)C(N(C(=O)OC(C)(C)C)C(=O)OC(C)(C)C)=N[C@](C)(c3cc([N+](=O)[O-])ccc3F)CS2(O)O)c1. The highest BCUT2D eigenvalue weighted by Crippen LogP contribution is 2.62. The summed E-state index contributed by atoms with van der Waals surface area (Å²) >= 11 is 0. The lowest BCUT2D eigenvalue weighted by molar-refractivity contribution is -0.385. The van der Waals surface area contributed by atoms with Crippen LogP contribution in [0.3, 0.4) is 0 Å². The van der Waals surface area contributed by atoms with E-state index < -0.39 is 92.9 Å². The Morgan fingerprint density at radius 2 is 1.58 bits per heavy atom. The Balaban J connectivity index is 2.40. The zero-order valence-electron chi connectivity index (χ0n) is 28.2. The molecule has 0 saturated carbocycles. The highest BCUT2D eigenvalue weighted by Gasteiger charge is 2.57. The number of non-ortho nitro benzene ring substituents is 1. The van der Waals surface area contributed by atoms with Crippen LogP contribution in [0, 0.1) is 22.9 Å². The number of nitrogens with zero attached hydrogens (tertiary/aromatic N) is 3. The molecule has 14 nitrogen and oxygen atoms in total. The minimum atomic E-state index is -4.72. The molecule has 1 aliphatic rings. The average molecular weight is 716 g/mol. The van der Waals surface area contributed by atoms with E-state index >= 15 is 4.39 Å². The van der Waals surface area contributed by atoms with Crippen molar-refractivity contribution in [1.82, 2.24) is 4.90 Å². The minimum Gasteiger partial charge on any atom is -0.443 e. The van der Waals surface area contributed by atoms with E-state index in [2.05, 4.69) is 4.99 Å². The van der Waals surface area contributed by atoms with Crippen LogP contribution in [0.4, 0.5) is 19.7 Å². The minimum absolute atomic E-state index is 0.0902. The maximum atomic E-state index is 15.4. The van der Waals surface area contributed by atoms with Gasteiger partial charge in [-0.2, -0.15) is 23.9 Å². The van der Waals surface area contributed by atoms with Crippen molar-refractivity contribution in [2.75, 3.05) is 5.75 Å². The number of imide groups is 1. The highest BCUT2D eigenvalue weighted by atomic mass is 32.3. The van der Waals surface area contributed by atoms with Gasteiger partial charge in [-0.15, -0.1) is 0 Å². The number of carbonyl (C=O) groups excluding carboxylic acids is 2. The second-order valence-electron chi connectivity index (χ2n) is 14.1. The maximum absolute atomic E-state index is 15.4. The van der Waals surface area contributed by atoms with E-state index in [-0.39, 0.29) is 18.4 Å². The van der Waals surface area contributed by atoms with Crippen LogP contribution in [0.2, 0.25) is 0 Å². The van der Waals surface area contributed by atoms with Gasteiger partial charge < -0.3 is 9.47 Å². The number of aliphatic imine (C=N–C) groups is 1. The number of hydrogen-bond donors (Lipinski definition) is 3. The predicted molar refractivity (Wildman–Crippen MR) is 178 cm³/mol. The molecule has 1 heterocycles. The zero-order valence-corrected chi connectivity index (χ0v) is 29.9. The van der Waals surface area contributed by atoms with Gasteiger partial charge in [-0.25, -0.2) is 14.0 Å². The molecule has 0 bridgehead atoms. The molecule has 2 atom stereocenters. The molecule has 0 aromatic heterocycles. The van der Waals surface area contributed by atoms with E-state index in [9.17, 15) is 41.8 Å². The first-order valence-corrected chi connectivity index (χ1v) is 17.9. The third-order valence-corrected chi connectivity index (χ3v) is 11.2. The number of hydrogen-bond acceptors (Lipinski definition) is 11. The first-order chi connectivity index (χ1) is 21.6. The summed E-state index contributed by atoms with van der Waals surface area (Å²) < 4.78 is 82.7. The fourth-order valence-electron chi connectivity index (χ4n) is 5.21. The summed E-state index contributed by atoms with van der Waals surface area (Å²) in [6.07, 6.45) is -3.28. The fourth-order valence-corrected chi connectivity index (χ4v) is 8.13. The summed E-state index contributed by atoms with van der Waals surface area (Å²) in [5.74, 6) is -2.32. The normalized spacial score (nSPS) is 21.9. The van der Waals surface area contributed by atoms with Crippen molar-refractivity contribution in [2.45, 2.75) is 102 Å². The number of rotatable bonds is 6. The number of amides is 2. The number of benzene rings is 2. The van der Waals surface area contributed by atoms with Crippen LogP contribution in [0.5, 0.6) is 0 Å². The Morgan fingerprint density at radius 3 is 2.06 bits per heavy atom. The van der Waals surface area contributed by atoms with E-state index in [0.717, 1.165) is 18.2 Å². The summed E-state index contributed by atoms with van der Waals surface area (Å²) in [5.41, 5.74) is -4.62. The first kappa shape index (κ1) is 38.8. The molecule has 0 aliphatic carbocycles. The van der Waals surface area contributed by atoms with Crippen molar-refractivity contribution in [3.8, 4) is 0 Å². The number of nitro groups is 1. The van der Waals surface area contributed by atoms with Gasteiger partial charge in [0.15, 0.2) is 0 Å². The Labute approximate surface area is 280 Å². The summed E-state index contributed by atoms with van der Waals surface area (Å²) in [4.78, 5) is 43.1. The van der Waals surface area contributed by atoms with Crippen LogP contribution >= 0.6 is 10.6 Å². The smallest absolute Gasteiger partial charge is 0.425 e. The van der Waals surface area contributed by atoms with E-state index in [0.29, 0.717) is 10.5 Å². The van der Waals surface area contributed by atoms with Gasteiger partial charge in [0.2, 0.25) is 0 Å². The van der Waals surface area contributed by atoms with Crippen molar-refractivity contribution in [1.29, 1.82) is 0 Å². The molecule has 0 radical (unpaired) electrons. The third-order valence-electron chi connectivity index (χ3n) is 7.50. The van der Waals surface area contributed by atoms with Gasteiger partial charge in [0.25, 0.3) is 15.8 Å². The summed E-state index contributed by atoms with van der Waals surface area (Å²) in [5, 5.41) is 11.6. The molecule has 0 fully saturated rings. The maximum Gasteiger partial charge on any atom is 0.425 e. The van der Waals surface area contributed by atoms with Crippen molar-refractivity contribution < 1.29 is 50.5 Å². The van der Waals surface area contributed by atoms with Crippen LogP contribution in [-0.4, -0.2) is 71.6 Å². The lowest BCUT2D eigenvalue weighted by Crippen LogP contribution is -2.60. The Kier molecular flexibility index (Phi) is 10.5. The summed E-state index contributed by atoms with van der Waals surface area (Å²) in [7, 11) is -8.87. The first-order valence-electron chi connectivity index (χ1n) is 14.7. The largest absolute Gasteiger partial charge is 0.443 e. The van der Waals surface area contributed by atoms with Gasteiger partial charge >= 0.3 is 12.2 Å². The lowest BCUT2D eigenvalue weighted by atomic mass is 9.91. The molecule has 2 aromatic carbocycles. The van der Waals surface area contributed by atoms with Crippen molar-refractivity contribution in [3.63, 3.8) is 0 Å². The number of amidine groups is 1. The zero-order chi connectivity index (χ0) is 36.8. The topological polar surface area (TPSA) is 206 Å². The third kappa shape index (κ3) is 8.49.